The third-order valence-corrected chi connectivity index (χ3v) is 4.83. The van der Waals surface area contributed by atoms with Gasteiger partial charge in [-0.05, 0) is 43.2 Å². The Hall–Kier alpha value is -2.37. The van der Waals surface area contributed by atoms with Crippen molar-refractivity contribution in [3.05, 3.63) is 65.7 Å². The van der Waals surface area contributed by atoms with Crippen LogP contribution in [0.2, 0.25) is 0 Å². The topological polar surface area (TPSA) is 75.4 Å². The molecule has 0 radical (unpaired) electrons. The van der Waals surface area contributed by atoms with Gasteiger partial charge in [0.1, 0.15) is 0 Å². The number of hydrogen-bond acceptors (Lipinski definition) is 3. The van der Waals surface area contributed by atoms with Crippen molar-refractivity contribution in [1.82, 2.24) is 5.32 Å². The number of nitrogens with zero attached hydrogens (tertiary/aromatic N) is 1. The molecule has 0 atom stereocenters. The third-order valence-electron chi connectivity index (χ3n) is 4.83. The standard InChI is InChI=1S/C21H27N3O2.ClH/c1-4-21(22,5-2)15-23-19(25)16-10-9-11-17(14-16)20(26)24(3)18-12-7-6-8-13-18;/h6-14H,4-5,15,22H2,1-3H3,(H,23,25);1H. The molecule has 0 saturated carbocycles. The van der Waals surface area contributed by atoms with E-state index in [0.717, 1.165) is 18.5 Å². The molecule has 0 aliphatic heterocycles. The van der Waals surface area contributed by atoms with Gasteiger partial charge in [0.25, 0.3) is 11.8 Å². The summed E-state index contributed by atoms with van der Waals surface area (Å²) < 4.78 is 0. The van der Waals surface area contributed by atoms with Gasteiger partial charge in [0.05, 0.1) is 0 Å². The van der Waals surface area contributed by atoms with E-state index in [1.54, 1.807) is 36.2 Å². The molecule has 2 aromatic rings. The zero-order valence-electron chi connectivity index (χ0n) is 16.1. The number of nitrogens with two attached hydrogens (primary N) is 1. The zero-order valence-corrected chi connectivity index (χ0v) is 16.9. The molecule has 0 heterocycles. The van der Waals surface area contributed by atoms with Gasteiger partial charge in [-0.2, -0.15) is 0 Å². The first-order valence-corrected chi connectivity index (χ1v) is 8.90. The highest BCUT2D eigenvalue weighted by Crippen LogP contribution is 2.16. The predicted molar refractivity (Wildman–Crippen MR) is 113 cm³/mol. The van der Waals surface area contributed by atoms with Crippen LogP contribution in [0.5, 0.6) is 0 Å². The number of rotatable bonds is 7. The van der Waals surface area contributed by atoms with E-state index in [-0.39, 0.29) is 24.2 Å². The molecular formula is C21H28ClN3O2. The fourth-order valence-corrected chi connectivity index (χ4v) is 2.61. The lowest BCUT2D eigenvalue weighted by atomic mass is 9.94. The molecule has 0 saturated heterocycles. The van der Waals surface area contributed by atoms with Crippen LogP contribution in [-0.2, 0) is 0 Å². The van der Waals surface area contributed by atoms with Crippen molar-refractivity contribution in [2.24, 2.45) is 5.73 Å². The van der Waals surface area contributed by atoms with Gasteiger partial charge in [0, 0.05) is 35.9 Å². The van der Waals surface area contributed by atoms with Crippen LogP contribution in [0.4, 0.5) is 5.69 Å². The SMILES string of the molecule is CCC(N)(CC)CNC(=O)c1cccc(C(=O)N(C)c2ccccc2)c1.Cl. The maximum Gasteiger partial charge on any atom is 0.258 e. The fraction of sp³-hybridized carbons (Fsp3) is 0.333. The van der Waals surface area contributed by atoms with Crippen molar-refractivity contribution >= 4 is 29.9 Å². The fourth-order valence-electron chi connectivity index (χ4n) is 2.61. The molecule has 0 spiro atoms. The number of amides is 2. The van der Waals surface area contributed by atoms with E-state index in [0.29, 0.717) is 17.7 Å². The first-order valence-electron chi connectivity index (χ1n) is 8.90. The number of para-hydroxylation sites is 1. The zero-order chi connectivity index (χ0) is 19.2. The number of halogens is 1. The quantitative estimate of drug-likeness (QED) is 0.759. The highest BCUT2D eigenvalue weighted by Gasteiger charge is 2.21. The first-order chi connectivity index (χ1) is 12.4. The molecule has 146 valence electrons. The molecule has 0 aliphatic carbocycles. The van der Waals surface area contributed by atoms with E-state index in [1.807, 2.05) is 44.2 Å². The normalized spacial score (nSPS) is 10.7. The maximum absolute atomic E-state index is 12.7. The highest BCUT2D eigenvalue weighted by molar-refractivity contribution is 6.07. The summed E-state index contributed by atoms with van der Waals surface area (Å²) >= 11 is 0. The van der Waals surface area contributed by atoms with Crippen LogP contribution in [-0.4, -0.2) is 30.9 Å². The number of nitrogens with one attached hydrogen (secondary N) is 1. The van der Waals surface area contributed by atoms with E-state index < -0.39 is 5.54 Å². The minimum Gasteiger partial charge on any atom is -0.350 e. The summed E-state index contributed by atoms with van der Waals surface area (Å²) in [5.41, 5.74) is 7.54. The summed E-state index contributed by atoms with van der Waals surface area (Å²) in [6.45, 7) is 4.42. The lowest BCUT2D eigenvalue weighted by Crippen LogP contribution is -2.49. The Morgan fingerprint density at radius 2 is 1.59 bits per heavy atom. The van der Waals surface area contributed by atoms with Gasteiger partial charge in [-0.3, -0.25) is 9.59 Å². The summed E-state index contributed by atoms with van der Waals surface area (Å²) in [5, 5.41) is 2.88. The molecule has 3 N–H and O–H groups in total. The van der Waals surface area contributed by atoms with Crippen LogP contribution in [0.3, 0.4) is 0 Å². The van der Waals surface area contributed by atoms with Crippen molar-refractivity contribution < 1.29 is 9.59 Å². The van der Waals surface area contributed by atoms with E-state index in [9.17, 15) is 9.59 Å². The molecule has 0 bridgehead atoms. The van der Waals surface area contributed by atoms with Gasteiger partial charge in [-0.1, -0.05) is 38.1 Å². The van der Waals surface area contributed by atoms with Gasteiger partial charge in [-0.15, -0.1) is 12.4 Å². The maximum atomic E-state index is 12.7. The minimum absolute atomic E-state index is 0. The third kappa shape index (κ3) is 5.81. The van der Waals surface area contributed by atoms with Crippen molar-refractivity contribution in [3.8, 4) is 0 Å². The largest absolute Gasteiger partial charge is 0.350 e. The Labute approximate surface area is 167 Å². The van der Waals surface area contributed by atoms with E-state index in [1.165, 1.54) is 0 Å². The molecule has 5 nitrogen and oxygen atoms in total. The Morgan fingerprint density at radius 1 is 1.00 bits per heavy atom. The lowest BCUT2D eigenvalue weighted by molar-refractivity contribution is 0.0942. The number of carbonyl (C=O) groups excluding carboxylic acids is 2. The molecule has 0 aromatic heterocycles. The van der Waals surface area contributed by atoms with Crippen LogP contribution in [0.1, 0.15) is 47.4 Å². The van der Waals surface area contributed by atoms with Crippen molar-refractivity contribution in [2.75, 3.05) is 18.5 Å². The molecule has 2 rings (SSSR count). The molecule has 0 unspecified atom stereocenters. The molecule has 0 fully saturated rings. The van der Waals surface area contributed by atoms with Gasteiger partial charge in [0.2, 0.25) is 0 Å². The Kier molecular flexibility index (Phi) is 8.47. The van der Waals surface area contributed by atoms with Crippen molar-refractivity contribution in [1.29, 1.82) is 0 Å². The summed E-state index contributed by atoms with van der Waals surface area (Å²) in [4.78, 5) is 26.7. The number of carbonyl (C=O) groups is 2. The second-order valence-corrected chi connectivity index (χ2v) is 6.53. The van der Waals surface area contributed by atoms with Gasteiger partial charge in [-0.25, -0.2) is 0 Å². The summed E-state index contributed by atoms with van der Waals surface area (Å²) in [6, 6.07) is 16.1. The predicted octanol–water partition coefficient (Wildman–Crippen LogP) is 3.63. The molecule has 27 heavy (non-hydrogen) atoms. The van der Waals surface area contributed by atoms with E-state index >= 15 is 0 Å². The summed E-state index contributed by atoms with van der Waals surface area (Å²) in [7, 11) is 1.72. The molecular weight excluding hydrogens is 362 g/mol. The number of hydrogen-bond donors (Lipinski definition) is 2. The monoisotopic (exact) mass is 389 g/mol. The van der Waals surface area contributed by atoms with Crippen LogP contribution < -0.4 is 16.0 Å². The van der Waals surface area contributed by atoms with E-state index in [4.69, 9.17) is 5.73 Å². The van der Waals surface area contributed by atoms with Gasteiger partial charge >= 0.3 is 0 Å². The highest BCUT2D eigenvalue weighted by atomic mass is 35.5. The van der Waals surface area contributed by atoms with Crippen LogP contribution >= 0.6 is 12.4 Å². The summed E-state index contributed by atoms with van der Waals surface area (Å²) in [6.07, 6.45) is 1.56. The minimum atomic E-state index is -0.406. The second-order valence-electron chi connectivity index (χ2n) is 6.53. The van der Waals surface area contributed by atoms with Gasteiger partial charge < -0.3 is 16.0 Å². The molecule has 0 aliphatic rings. The van der Waals surface area contributed by atoms with Gasteiger partial charge in [0.15, 0.2) is 0 Å². The van der Waals surface area contributed by atoms with Crippen molar-refractivity contribution in [2.45, 2.75) is 32.2 Å². The number of anilines is 1. The molecule has 2 amide bonds. The first kappa shape index (κ1) is 22.7. The van der Waals surface area contributed by atoms with E-state index in [2.05, 4.69) is 5.32 Å². The Bertz CT molecular complexity index is 761. The second kappa shape index (κ2) is 10.1. The Balaban J connectivity index is 0.00000364. The van der Waals surface area contributed by atoms with Crippen LogP contribution in [0, 0.1) is 0 Å². The average molecular weight is 390 g/mol. The lowest BCUT2D eigenvalue weighted by Gasteiger charge is -2.26. The molecule has 2 aromatic carbocycles. The summed E-state index contributed by atoms with van der Waals surface area (Å²) in [5.74, 6) is -0.389. The smallest absolute Gasteiger partial charge is 0.258 e. The number of benzene rings is 2. The van der Waals surface area contributed by atoms with Crippen molar-refractivity contribution in [3.63, 3.8) is 0 Å². The van der Waals surface area contributed by atoms with Crippen LogP contribution in [0.15, 0.2) is 54.6 Å². The van der Waals surface area contributed by atoms with Crippen LogP contribution in [0.25, 0.3) is 0 Å². The molecule has 6 heteroatoms. The average Bonchev–Trinajstić information content (AvgIpc) is 2.71. The Morgan fingerprint density at radius 3 is 2.19 bits per heavy atom.